The minimum Gasteiger partial charge on any atom is -0.481 e. The number of alkyl halides is 1. The molecule has 1 fully saturated rings. The van der Waals surface area contributed by atoms with Crippen molar-refractivity contribution in [1.29, 1.82) is 0 Å². The Bertz CT molecular complexity index is 869. The third-order valence-corrected chi connectivity index (χ3v) is 6.44. The first-order valence-electron chi connectivity index (χ1n) is 8.17. The Balaban J connectivity index is 1.78. The van der Waals surface area contributed by atoms with Gasteiger partial charge in [-0.15, -0.1) is 5.10 Å². The molecule has 0 aromatic heterocycles. The first-order chi connectivity index (χ1) is 12.1. The van der Waals surface area contributed by atoms with Gasteiger partial charge in [0.05, 0.1) is 11.4 Å². The van der Waals surface area contributed by atoms with Gasteiger partial charge in [0.1, 0.15) is 0 Å². The molecule has 0 saturated heterocycles. The molecule has 5 nitrogen and oxygen atoms in total. The van der Waals surface area contributed by atoms with E-state index in [4.69, 9.17) is 5.11 Å². The number of amidine groups is 1. The molecule has 1 atom stereocenters. The van der Waals surface area contributed by atoms with Gasteiger partial charge in [-0.1, -0.05) is 42.1 Å². The predicted octanol–water partition coefficient (Wildman–Crippen LogP) is 4.24. The van der Waals surface area contributed by atoms with Crippen LogP contribution in [0.5, 0.6) is 0 Å². The quantitative estimate of drug-likeness (QED) is 0.593. The van der Waals surface area contributed by atoms with Gasteiger partial charge < -0.3 is 5.11 Å². The highest BCUT2D eigenvalue weighted by Gasteiger charge is 2.34. The highest BCUT2D eigenvalue weighted by atomic mass is 79.9. The van der Waals surface area contributed by atoms with Crippen molar-refractivity contribution in [2.75, 3.05) is 17.7 Å². The second-order valence-electron chi connectivity index (χ2n) is 6.31. The van der Waals surface area contributed by atoms with Crippen molar-refractivity contribution in [3.8, 4) is 0 Å². The zero-order valence-electron chi connectivity index (χ0n) is 13.7. The summed E-state index contributed by atoms with van der Waals surface area (Å²) >= 11 is 4.92. The Hall–Kier alpha value is -1.73. The molecule has 130 valence electrons. The van der Waals surface area contributed by atoms with Crippen molar-refractivity contribution in [2.24, 2.45) is 5.10 Å². The Labute approximate surface area is 158 Å². The van der Waals surface area contributed by atoms with Crippen molar-refractivity contribution >= 4 is 55.3 Å². The second-order valence-corrected chi connectivity index (χ2v) is 8.07. The van der Waals surface area contributed by atoms with Gasteiger partial charge in [0, 0.05) is 12.4 Å². The maximum atomic E-state index is 11.0. The number of halogens is 1. The maximum absolute atomic E-state index is 11.0. The number of carboxylic acids is 1. The number of fused-ring (bicyclic) bond motifs is 1. The molecule has 1 aliphatic heterocycles. The van der Waals surface area contributed by atoms with Crippen molar-refractivity contribution in [2.45, 2.75) is 23.8 Å². The van der Waals surface area contributed by atoms with Crippen LogP contribution in [0.1, 0.15) is 24.3 Å². The first-order valence-corrected chi connectivity index (χ1v) is 10.1. The lowest BCUT2D eigenvalue weighted by atomic mass is 9.99. The zero-order chi connectivity index (χ0) is 17.6. The average molecular weight is 420 g/mol. The fraction of sp³-hybridized carbons (Fsp3) is 0.333. The Morgan fingerprint density at radius 2 is 2.00 bits per heavy atom. The number of anilines is 1. The van der Waals surface area contributed by atoms with E-state index in [0.717, 1.165) is 5.69 Å². The first kappa shape index (κ1) is 16.7. The number of hydrazone groups is 1. The molecule has 2 aliphatic rings. The summed E-state index contributed by atoms with van der Waals surface area (Å²) in [5, 5.41) is 18.3. The molecule has 0 spiro atoms. The SMILES string of the molecule is CN1N=C(SCC(=O)O)N(c2ccc(C3CC3)c3ccccc23)C1Br. The van der Waals surface area contributed by atoms with Crippen molar-refractivity contribution in [1.82, 2.24) is 5.01 Å². The number of benzene rings is 2. The van der Waals surface area contributed by atoms with Gasteiger partial charge in [-0.3, -0.25) is 14.7 Å². The van der Waals surface area contributed by atoms with Gasteiger partial charge in [-0.05, 0) is 51.7 Å². The Morgan fingerprint density at radius 3 is 2.68 bits per heavy atom. The summed E-state index contributed by atoms with van der Waals surface area (Å²) in [6, 6.07) is 12.8. The van der Waals surface area contributed by atoms with E-state index in [2.05, 4.69) is 56.3 Å². The molecular weight excluding hydrogens is 402 g/mol. The molecule has 0 amide bonds. The molecule has 0 bridgehead atoms. The van der Waals surface area contributed by atoms with Crippen molar-refractivity contribution in [3.63, 3.8) is 0 Å². The standard InChI is InChI=1S/C18H18BrN3O2S/c1-21-17(19)22(18(20-21)25-10-16(23)24)15-9-8-12(11-6-7-11)13-4-2-3-5-14(13)15/h2-5,8-9,11,17H,6-7,10H2,1H3,(H,23,24). The molecule has 1 saturated carbocycles. The summed E-state index contributed by atoms with van der Waals surface area (Å²) in [4.78, 5) is 13.0. The lowest BCUT2D eigenvalue weighted by molar-refractivity contribution is -0.133. The fourth-order valence-electron chi connectivity index (χ4n) is 3.20. The van der Waals surface area contributed by atoms with Gasteiger partial charge in [0.15, 0.2) is 10.2 Å². The molecule has 1 aliphatic carbocycles. The highest BCUT2D eigenvalue weighted by molar-refractivity contribution is 9.09. The summed E-state index contributed by atoms with van der Waals surface area (Å²) in [5.41, 5.74) is 2.46. The number of aliphatic carboxylic acids is 1. The van der Waals surface area contributed by atoms with Crippen LogP contribution in [0.25, 0.3) is 10.8 Å². The van der Waals surface area contributed by atoms with Crippen LogP contribution in [0.3, 0.4) is 0 Å². The average Bonchev–Trinajstić information content (AvgIpc) is 3.40. The lowest BCUT2D eigenvalue weighted by Gasteiger charge is -2.27. The van der Waals surface area contributed by atoms with E-state index in [9.17, 15) is 4.79 Å². The second kappa shape index (κ2) is 6.53. The summed E-state index contributed by atoms with van der Waals surface area (Å²) in [6.07, 6.45) is 2.52. The summed E-state index contributed by atoms with van der Waals surface area (Å²) in [5.74, 6) is -0.183. The summed E-state index contributed by atoms with van der Waals surface area (Å²) < 4.78 is 0. The van der Waals surface area contributed by atoms with E-state index in [-0.39, 0.29) is 10.8 Å². The van der Waals surface area contributed by atoms with Crippen molar-refractivity contribution in [3.05, 3.63) is 42.0 Å². The molecular formula is C18H18BrN3O2S. The molecule has 1 unspecified atom stereocenters. The number of nitrogens with zero attached hydrogens (tertiary/aromatic N) is 3. The normalized spacial score (nSPS) is 20.2. The van der Waals surface area contributed by atoms with Crippen LogP contribution in [0.15, 0.2) is 41.5 Å². The van der Waals surface area contributed by atoms with E-state index in [1.807, 2.05) is 13.1 Å². The molecule has 1 heterocycles. The van der Waals surface area contributed by atoms with Crippen LogP contribution in [-0.2, 0) is 4.79 Å². The summed E-state index contributed by atoms with van der Waals surface area (Å²) in [6.45, 7) is 0. The highest BCUT2D eigenvalue weighted by Crippen LogP contribution is 2.45. The Morgan fingerprint density at radius 1 is 1.28 bits per heavy atom. The maximum Gasteiger partial charge on any atom is 0.313 e. The number of carboxylic acid groups (broad SMARTS) is 1. The predicted molar refractivity (Wildman–Crippen MR) is 106 cm³/mol. The van der Waals surface area contributed by atoms with Gasteiger partial charge in [0.2, 0.25) is 0 Å². The molecule has 0 radical (unpaired) electrons. The third kappa shape index (κ3) is 3.11. The smallest absolute Gasteiger partial charge is 0.313 e. The number of hydrogen-bond donors (Lipinski definition) is 1. The molecule has 1 N–H and O–H groups in total. The van der Waals surface area contributed by atoms with E-state index >= 15 is 0 Å². The van der Waals surface area contributed by atoms with Gasteiger partial charge >= 0.3 is 5.97 Å². The van der Waals surface area contributed by atoms with E-state index in [1.54, 1.807) is 5.01 Å². The van der Waals surface area contributed by atoms with Gasteiger partial charge in [-0.25, -0.2) is 0 Å². The zero-order valence-corrected chi connectivity index (χ0v) is 16.1. The van der Waals surface area contributed by atoms with E-state index < -0.39 is 5.97 Å². The van der Waals surface area contributed by atoms with Crippen LogP contribution >= 0.6 is 27.7 Å². The van der Waals surface area contributed by atoms with Crippen molar-refractivity contribution < 1.29 is 9.90 Å². The summed E-state index contributed by atoms with van der Waals surface area (Å²) in [7, 11) is 1.88. The van der Waals surface area contributed by atoms with Crippen LogP contribution in [-0.4, -0.2) is 39.1 Å². The van der Waals surface area contributed by atoms with E-state index in [0.29, 0.717) is 11.1 Å². The number of hydrogen-bond acceptors (Lipinski definition) is 5. The molecule has 7 heteroatoms. The Kier molecular flexibility index (Phi) is 4.37. The topological polar surface area (TPSA) is 56.1 Å². The minimum atomic E-state index is -0.845. The number of rotatable bonds is 4. The molecule has 2 aromatic carbocycles. The van der Waals surface area contributed by atoms with Crippen LogP contribution in [0, 0.1) is 0 Å². The fourth-order valence-corrected chi connectivity index (χ4v) is 4.62. The third-order valence-electron chi connectivity index (χ3n) is 4.51. The number of carbonyl (C=O) groups is 1. The molecule has 2 aromatic rings. The van der Waals surface area contributed by atoms with Crippen LogP contribution < -0.4 is 4.90 Å². The molecule has 25 heavy (non-hydrogen) atoms. The monoisotopic (exact) mass is 419 g/mol. The molecule has 4 rings (SSSR count). The minimum absolute atomic E-state index is 0.0129. The largest absolute Gasteiger partial charge is 0.481 e. The van der Waals surface area contributed by atoms with Gasteiger partial charge in [-0.2, -0.15) is 0 Å². The van der Waals surface area contributed by atoms with Crippen LogP contribution in [0.2, 0.25) is 0 Å². The van der Waals surface area contributed by atoms with Crippen LogP contribution in [0.4, 0.5) is 5.69 Å². The van der Waals surface area contributed by atoms with E-state index in [1.165, 1.54) is 40.9 Å². The van der Waals surface area contributed by atoms with Gasteiger partial charge in [0.25, 0.3) is 0 Å². The lowest BCUT2D eigenvalue weighted by Crippen LogP contribution is -2.35. The number of thioether (sulfide) groups is 1.